The molecule has 1 fully saturated rings. The summed E-state index contributed by atoms with van der Waals surface area (Å²) in [4.78, 5) is 9.28. The van der Waals surface area contributed by atoms with Crippen molar-refractivity contribution >= 4 is 41.0 Å². The third-order valence-electron chi connectivity index (χ3n) is 5.87. The molecule has 1 aliphatic heterocycles. The van der Waals surface area contributed by atoms with E-state index in [2.05, 4.69) is 64.4 Å². The van der Waals surface area contributed by atoms with Crippen molar-refractivity contribution in [2.45, 2.75) is 39.8 Å². The van der Waals surface area contributed by atoms with Gasteiger partial charge in [0.05, 0.1) is 37.1 Å². The topological polar surface area (TPSA) is 72.7 Å². The van der Waals surface area contributed by atoms with Gasteiger partial charge in [0.15, 0.2) is 5.96 Å². The lowest BCUT2D eigenvalue weighted by Crippen LogP contribution is -2.38. The number of aromatic nitrogens is 2. The van der Waals surface area contributed by atoms with Gasteiger partial charge in [-0.3, -0.25) is 0 Å². The first-order valence-corrected chi connectivity index (χ1v) is 11.9. The second-order valence-corrected chi connectivity index (χ2v) is 8.55. The maximum Gasteiger partial charge on any atom is 0.191 e. The lowest BCUT2D eigenvalue weighted by molar-refractivity contribution is 0.166. The first kappa shape index (κ1) is 26.3. The Balaban J connectivity index is 0.00000324. The first-order valence-electron chi connectivity index (χ1n) is 11.9. The highest BCUT2D eigenvalue weighted by atomic mass is 127. The van der Waals surface area contributed by atoms with Gasteiger partial charge in [0.2, 0.25) is 0 Å². The summed E-state index contributed by atoms with van der Waals surface area (Å²) in [5.74, 6) is 2.23. The summed E-state index contributed by atoms with van der Waals surface area (Å²) in [5.41, 5.74) is 4.50. The summed E-state index contributed by atoms with van der Waals surface area (Å²) in [5, 5.41) is 6.80. The minimum atomic E-state index is 0. The average Bonchev–Trinajstić information content (AvgIpc) is 3.50. The van der Waals surface area contributed by atoms with Crippen LogP contribution in [0.1, 0.15) is 30.9 Å². The van der Waals surface area contributed by atoms with Gasteiger partial charge in [0.25, 0.3) is 0 Å². The number of ether oxygens (including phenoxy) is 2. The van der Waals surface area contributed by atoms with Crippen molar-refractivity contribution in [3.8, 4) is 5.75 Å². The van der Waals surface area contributed by atoms with Crippen LogP contribution in [-0.4, -0.2) is 48.4 Å². The summed E-state index contributed by atoms with van der Waals surface area (Å²) >= 11 is 0. The molecule has 34 heavy (non-hydrogen) atoms. The third kappa shape index (κ3) is 7.33. The van der Waals surface area contributed by atoms with Crippen molar-refractivity contribution in [1.82, 2.24) is 20.2 Å². The van der Waals surface area contributed by atoms with E-state index in [-0.39, 0.29) is 24.0 Å². The predicted octanol–water partition coefficient (Wildman–Crippen LogP) is 4.52. The summed E-state index contributed by atoms with van der Waals surface area (Å²) in [6, 6.07) is 14.6. The van der Waals surface area contributed by atoms with E-state index in [1.807, 2.05) is 18.5 Å². The molecule has 0 aliphatic carbocycles. The van der Waals surface area contributed by atoms with Crippen LogP contribution in [0.25, 0.3) is 11.0 Å². The maximum atomic E-state index is 6.17. The van der Waals surface area contributed by atoms with Crippen molar-refractivity contribution in [2.24, 2.45) is 10.9 Å². The Bertz CT molecular complexity index is 1060. The van der Waals surface area contributed by atoms with E-state index >= 15 is 0 Å². The third-order valence-corrected chi connectivity index (χ3v) is 5.87. The number of imidazole rings is 1. The van der Waals surface area contributed by atoms with Gasteiger partial charge in [-0.15, -0.1) is 24.0 Å². The van der Waals surface area contributed by atoms with Gasteiger partial charge < -0.3 is 24.7 Å². The molecular formula is C26H36IN5O2. The molecule has 8 heteroatoms. The Morgan fingerprint density at radius 3 is 2.94 bits per heavy atom. The number of hydrogen-bond donors (Lipinski definition) is 2. The molecule has 0 radical (unpaired) electrons. The zero-order chi connectivity index (χ0) is 22.9. The van der Waals surface area contributed by atoms with Crippen LogP contribution >= 0.6 is 24.0 Å². The van der Waals surface area contributed by atoms with Crippen molar-refractivity contribution in [2.75, 3.05) is 32.9 Å². The molecule has 3 aromatic rings. The van der Waals surface area contributed by atoms with Crippen molar-refractivity contribution in [1.29, 1.82) is 0 Å². The highest BCUT2D eigenvalue weighted by Gasteiger charge is 2.17. The average molecular weight is 578 g/mol. The van der Waals surface area contributed by atoms with E-state index in [0.717, 1.165) is 68.5 Å². The second kappa shape index (κ2) is 13.5. The van der Waals surface area contributed by atoms with Crippen LogP contribution in [0.15, 0.2) is 53.8 Å². The highest BCUT2D eigenvalue weighted by Crippen LogP contribution is 2.23. The molecule has 2 N–H and O–H groups in total. The van der Waals surface area contributed by atoms with Gasteiger partial charge in [-0.1, -0.05) is 24.3 Å². The lowest BCUT2D eigenvalue weighted by Gasteiger charge is -2.15. The van der Waals surface area contributed by atoms with Crippen molar-refractivity contribution in [3.05, 3.63) is 59.9 Å². The van der Waals surface area contributed by atoms with E-state index in [9.17, 15) is 0 Å². The summed E-state index contributed by atoms with van der Waals surface area (Å²) in [6.07, 6.45) is 3.97. The molecule has 2 heterocycles. The number of nitrogens with one attached hydrogen (secondary N) is 2. The normalized spacial score (nSPS) is 15.8. The molecule has 1 saturated heterocycles. The molecule has 7 nitrogen and oxygen atoms in total. The molecular weight excluding hydrogens is 541 g/mol. The van der Waals surface area contributed by atoms with E-state index in [4.69, 9.17) is 14.5 Å². The number of nitrogens with zero attached hydrogens (tertiary/aromatic N) is 3. The standard InChI is InChI=1S/C26H35N5O2.HI/c1-3-27-26(28-12-6-13-31-19-30-23-7-4-5-8-24(23)31)29-16-22-10-9-20(2)15-25(22)33-18-21-11-14-32-17-21;/h4-5,7-10,15,19,21H,3,6,11-14,16-18H2,1-2H3,(H2,27,28,29);1H. The number of para-hydroxylation sites is 2. The van der Waals surface area contributed by atoms with Gasteiger partial charge in [-0.05, 0) is 50.5 Å². The Kier molecular flexibility index (Phi) is 10.5. The van der Waals surface area contributed by atoms with Crippen LogP contribution < -0.4 is 15.4 Å². The van der Waals surface area contributed by atoms with Crippen LogP contribution in [0.2, 0.25) is 0 Å². The Morgan fingerprint density at radius 2 is 2.12 bits per heavy atom. The zero-order valence-electron chi connectivity index (χ0n) is 20.1. The van der Waals surface area contributed by atoms with Crippen LogP contribution in [0.5, 0.6) is 5.75 Å². The SMILES string of the molecule is CCNC(=NCc1ccc(C)cc1OCC1CCOC1)NCCCn1cnc2ccccc21.I. The Hall–Kier alpha value is -2.33. The molecule has 4 rings (SSSR count). The molecule has 1 aromatic heterocycles. The van der Waals surface area contributed by atoms with Crippen molar-refractivity contribution < 1.29 is 9.47 Å². The number of hydrogen-bond acceptors (Lipinski definition) is 4. The van der Waals surface area contributed by atoms with Gasteiger partial charge in [0, 0.05) is 37.7 Å². The molecule has 2 aromatic carbocycles. The van der Waals surface area contributed by atoms with Gasteiger partial charge in [-0.2, -0.15) is 0 Å². The fourth-order valence-corrected chi connectivity index (χ4v) is 4.00. The number of fused-ring (bicyclic) bond motifs is 1. The zero-order valence-corrected chi connectivity index (χ0v) is 22.5. The molecule has 184 valence electrons. The van der Waals surface area contributed by atoms with Crippen LogP contribution in [-0.2, 0) is 17.8 Å². The molecule has 0 spiro atoms. The number of benzene rings is 2. The van der Waals surface area contributed by atoms with Gasteiger partial charge >= 0.3 is 0 Å². The highest BCUT2D eigenvalue weighted by molar-refractivity contribution is 14.0. The number of guanidine groups is 1. The van der Waals surface area contributed by atoms with Gasteiger partial charge in [0.1, 0.15) is 5.75 Å². The van der Waals surface area contributed by atoms with Crippen LogP contribution in [0, 0.1) is 12.8 Å². The van der Waals surface area contributed by atoms with E-state index in [1.54, 1.807) is 0 Å². The van der Waals surface area contributed by atoms with Crippen molar-refractivity contribution in [3.63, 3.8) is 0 Å². The number of halogens is 1. The molecule has 0 amide bonds. The molecule has 0 bridgehead atoms. The van der Waals surface area contributed by atoms with E-state index in [0.29, 0.717) is 19.1 Å². The quantitative estimate of drug-likeness (QED) is 0.161. The minimum absolute atomic E-state index is 0. The lowest BCUT2D eigenvalue weighted by atomic mass is 10.1. The first-order chi connectivity index (χ1) is 16.2. The van der Waals surface area contributed by atoms with E-state index in [1.165, 1.54) is 11.1 Å². The maximum absolute atomic E-state index is 6.17. The monoisotopic (exact) mass is 577 g/mol. The number of aliphatic imine (C=N–C) groups is 1. The predicted molar refractivity (Wildman–Crippen MR) is 148 cm³/mol. The number of aryl methyl sites for hydroxylation is 2. The summed E-state index contributed by atoms with van der Waals surface area (Å²) < 4.78 is 13.8. The largest absolute Gasteiger partial charge is 0.493 e. The van der Waals surface area contributed by atoms with Gasteiger partial charge in [-0.25, -0.2) is 9.98 Å². The molecule has 0 saturated carbocycles. The Labute approximate surface area is 219 Å². The second-order valence-electron chi connectivity index (χ2n) is 8.55. The number of rotatable bonds is 10. The van der Waals surface area contributed by atoms with Crippen LogP contribution in [0.4, 0.5) is 0 Å². The molecule has 1 aliphatic rings. The Morgan fingerprint density at radius 1 is 1.24 bits per heavy atom. The summed E-state index contributed by atoms with van der Waals surface area (Å²) in [7, 11) is 0. The van der Waals surface area contributed by atoms with E-state index < -0.39 is 0 Å². The summed E-state index contributed by atoms with van der Waals surface area (Å²) in [6.45, 7) is 9.63. The minimum Gasteiger partial charge on any atom is -0.493 e. The molecule has 1 atom stereocenters. The van der Waals surface area contributed by atoms with Crippen LogP contribution in [0.3, 0.4) is 0 Å². The fraction of sp³-hybridized carbons (Fsp3) is 0.462. The smallest absolute Gasteiger partial charge is 0.191 e. The fourth-order valence-electron chi connectivity index (χ4n) is 4.00. The molecule has 1 unspecified atom stereocenters.